The van der Waals surface area contributed by atoms with Crippen molar-refractivity contribution >= 4 is 5.91 Å². The van der Waals surface area contributed by atoms with Crippen molar-refractivity contribution in [2.45, 2.75) is 13.3 Å². The molecule has 1 amide bonds. The topological polar surface area (TPSA) is 20.3 Å². The largest absolute Gasteiger partial charge is 0.315 e. The van der Waals surface area contributed by atoms with Gasteiger partial charge in [-0.1, -0.05) is 37.3 Å². The van der Waals surface area contributed by atoms with E-state index in [1.165, 1.54) is 0 Å². The zero-order valence-corrected chi connectivity index (χ0v) is 10.3. The Bertz CT molecular complexity index is 459. The first-order valence-electron chi connectivity index (χ1n) is 5.90. The van der Waals surface area contributed by atoms with Crippen LogP contribution in [0.5, 0.6) is 0 Å². The van der Waals surface area contributed by atoms with Gasteiger partial charge in [0, 0.05) is 18.3 Å². The molecule has 0 aromatic heterocycles. The average Bonchev–Trinajstić information content (AvgIpc) is 2.39. The quantitative estimate of drug-likeness (QED) is 0.759. The first-order chi connectivity index (χ1) is 8.20. The zero-order valence-electron chi connectivity index (χ0n) is 10.3. The minimum atomic E-state index is 0.0546. The number of allylic oxidation sites excluding steroid dienone is 4. The van der Waals surface area contributed by atoms with E-state index in [4.69, 9.17) is 0 Å². The fourth-order valence-corrected chi connectivity index (χ4v) is 2.07. The lowest BCUT2D eigenvalue weighted by molar-refractivity contribution is 0.0823. The van der Waals surface area contributed by atoms with E-state index in [0.717, 1.165) is 17.7 Å². The maximum atomic E-state index is 12.3. The summed E-state index contributed by atoms with van der Waals surface area (Å²) in [6.45, 7) is 2.14. The highest BCUT2D eigenvalue weighted by Crippen LogP contribution is 2.23. The molecule has 1 unspecified atom stereocenters. The normalized spacial score (nSPS) is 18.7. The lowest BCUT2D eigenvalue weighted by Crippen LogP contribution is -2.29. The van der Waals surface area contributed by atoms with Crippen LogP contribution < -0.4 is 0 Å². The first kappa shape index (κ1) is 11.6. The molecule has 0 N–H and O–H groups in total. The van der Waals surface area contributed by atoms with E-state index < -0.39 is 0 Å². The van der Waals surface area contributed by atoms with Gasteiger partial charge >= 0.3 is 0 Å². The van der Waals surface area contributed by atoms with Crippen LogP contribution >= 0.6 is 0 Å². The number of carbonyl (C=O) groups excluding carboxylic acids is 1. The smallest absolute Gasteiger partial charge is 0.257 e. The third-order valence-corrected chi connectivity index (χ3v) is 3.11. The Kier molecular flexibility index (Phi) is 3.43. The molecule has 0 saturated heterocycles. The number of benzene rings is 1. The van der Waals surface area contributed by atoms with E-state index in [0.29, 0.717) is 5.92 Å². The van der Waals surface area contributed by atoms with Crippen molar-refractivity contribution in [1.82, 2.24) is 4.90 Å². The van der Waals surface area contributed by atoms with E-state index >= 15 is 0 Å². The van der Waals surface area contributed by atoms with Crippen molar-refractivity contribution in [3.8, 4) is 0 Å². The van der Waals surface area contributed by atoms with Crippen molar-refractivity contribution in [3.63, 3.8) is 0 Å². The second-order valence-electron chi connectivity index (χ2n) is 4.39. The van der Waals surface area contributed by atoms with Crippen molar-refractivity contribution in [3.05, 3.63) is 59.8 Å². The van der Waals surface area contributed by atoms with Gasteiger partial charge in [-0.2, -0.15) is 0 Å². The predicted molar refractivity (Wildman–Crippen MR) is 69.5 cm³/mol. The van der Waals surface area contributed by atoms with Crippen LogP contribution in [0.25, 0.3) is 0 Å². The summed E-state index contributed by atoms with van der Waals surface area (Å²) in [6.07, 6.45) is 7.17. The molecule has 0 aliphatic heterocycles. The van der Waals surface area contributed by atoms with Crippen molar-refractivity contribution < 1.29 is 4.79 Å². The summed E-state index contributed by atoms with van der Waals surface area (Å²) in [5, 5.41) is 0. The Morgan fingerprint density at radius 3 is 2.65 bits per heavy atom. The Labute approximate surface area is 102 Å². The number of carbonyl (C=O) groups is 1. The molecule has 1 atom stereocenters. The van der Waals surface area contributed by atoms with Crippen molar-refractivity contribution in [2.24, 2.45) is 5.92 Å². The number of hydrogen-bond acceptors (Lipinski definition) is 1. The molecule has 2 nitrogen and oxygen atoms in total. The van der Waals surface area contributed by atoms with Gasteiger partial charge < -0.3 is 4.90 Å². The molecule has 88 valence electrons. The summed E-state index contributed by atoms with van der Waals surface area (Å²) < 4.78 is 0. The highest BCUT2D eigenvalue weighted by atomic mass is 16.2. The Morgan fingerprint density at radius 2 is 2.00 bits per heavy atom. The minimum Gasteiger partial charge on any atom is -0.315 e. The lowest BCUT2D eigenvalue weighted by atomic mass is 9.97. The molecule has 17 heavy (non-hydrogen) atoms. The van der Waals surface area contributed by atoms with E-state index in [2.05, 4.69) is 13.0 Å². The van der Waals surface area contributed by atoms with E-state index in [1.54, 1.807) is 4.90 Å². The van der Waals surface area contributed by atoms with Crippen LogP contribution in [-0.4, -0.2) is 17.9 Å². The highest BCUT2D eigenvalue weighted by Gasteiger charge is 2.20. The van der Waals surface area contributed by atoms with Crippen LogP contribution in [-0.2, 0) is 0 Å². The average molecular weight is 227 g/mol. The maximum absolute atomic E-state index is 12.3. The first-order valence-corrected chi connectivity index (χ1v) is 5.90. The number of rotatable bonds is 2. The molecule has 1 aromatic carbocycles. The standard InChI is InChI=1S/C15H17NO/c1-12-8-6-7-11-14(12)16(2)15(17)13-9-4-3-5-10-13/h3-7,9-12H,8H2,1-2H3. The van der Waals surface area contributed by atoms with Crippen LogP contribution in [0.3, 0.4) is 0 Å². The fraction of sp³-hybridized carbons (Fsp3) is 0.267. The van der Waals surface area contributed by atoms with Crippen LogP contribution in [0.4, 0.5) is 0 Å². The van der Waals surface area contributed by atoms with Gasteiger partial charge in [0.1, 0.15) is 0 Å². The Morgan fingerprint density at radius 1 is 1.29 bits per heavy atom. The molecule has 2 rings (SSSR count). The molecular formula is C15H17NO. The minimum absolute atomic E-state index is 0.0546. The molecular weight excluding hydrogens is 210 g/mol. The number of nitrogens with zero attached hydrogens (tertiary/aromatic N) is 1. The second-order valence-corrected chi connectivity index (χ2v) is 4.39. The molecule has 0 radical (unpaired) electrons. The summed E-state index contributed by atoms with van der Waals surface area (Å²) >= 11 is 0. The Balaban J connectivity index is 2.21. The van der Waals surface area contributed by atoms with Gasteiger partial charge in [0.05, 0.1) is 0 Å². The third kappa shape index (κ3) is 2.47. The molecule has 1 aliphatic rings. The van der Waals surface area contributed by atoms with Crippen LogP contribution in [0.1, 0.15) is 23.7 Å². The fourth-order valence-electron chi connectivity index (χ4n) is 2.07. The molecule has 1 aromatic rings. The van der Waals surface area contributed by atoms with Crippen LogP contribution in [0.2, 0.25) is 0 Å². The summed E-state index contributed by atoms with van der Waals surface area (Å²) in [6, 6.07) is 9.40. The van der Waals surface area contributed by atoms with E-state index in [9.17, 15) is 4.79 Å². The van der Waals surface area contributed by atoms with E-state index in [1.807, 2.05) is 49.5 Å². The summed E-state index contributed by atoms with van der Waals surface area (Å²) in [4.78, 5) is 14.0. The second kappa shape index (κ2) is 5.00. The molecule has 2 heteroatoms. The molecule has 1 aliphatic carbocycles. The molecule has 0 fully saturated rings. The molecule has 0 saturated carbocycles. The monoisotopic (exact) mass is 227 g/mol. The van der Waals surface area contributed by atoms with Gasteiger partial charge in [0.15, 0.2) is 0 Å². The van der Waals surface area contributed by atoms with Crippen molar-refractivity contribution in [1.29, 1.82) is 0 Å². The van der Waals surface area contributed by atoms with E-state index in [-0.39, 0.29) is 5.91 Å². The highest BCUT2D eigenvalue weighted by molar-refractivity contribution is 5.95. The maximum Gasteiger partial charge on any atom is 0.257 e. The SMILES string of the molecule is CC1CC=CC=C1N(C)C(=O)c1ccccc1. The van der Waals surface area contributed by atoms with Crippen molar-refractivity contribution in [2.75, 3.05) is 7.05 Å². The zero-order chi connectivity index (χ0) is 12.3. The summed E-state index contributed by atoms with van der Waals surface area (Å²) in [7, 11) is 1.84. The third-order valence-electron chi connectivity index (χ3n) is 3.11. The molecule has 0 bridgehead atoms. The van der Waals surface area contributed by atoms with Gasteiger partial charge in [-0.25, -0.2) is 0 Å². The van der Waals surface area contributed by atoms with Crippen LogP contribution in [0.15, 0.2) is 54.3 Å². The van der Waals surface area contributed by atoms with Gasteiger partial charge in [-0.15, -0.1) is 0 Å². The number of hydrogen-bond donors (Lipinski definition) is 0. The molecule has 0 spiro atoms. The molecule has 0 heterocycles. The van der Waals surface area contributed by atoms with Gasteiger partial charge in [0.25, 0.3) is 5.91 Å². The number of amides is 1. The summed E-state index contributed by atoms with van der Waals surface area (Å²) in [5.41, 5.74) is 1.82. The predicted octanol–water partition coefficient (Wildman–Crippen LogP) is 3.24. The lowest BCUT2D eigenvalue weighted by Gasteiger charge is -2.26. The van der Waals surface area contributed by atoms with Gasteiger partial charge in [-0.3, -0.25) is 4.79 Å². The summed E-state index contributed by atoms with van der Waals surface area (Å²) in [5.74, 6) is 0.455. The van der Waals surface area contributed by atoms with Gasteiger partial charge in [-0.05, 0) is 30.5 Å². The van der Waals surface area contributed by atoms with Gasteiger partial charge in [0.2, 0.25) is 0 Å². The Hall–Kier alpha value is -1.83. The van der Waals surface area contributed by atoms with Crippen LogP contribution in [0, 0.1) is 5.92 Å².